The molecule has 9 heteroatoms. The van der Waals surface area contributed by atoms with E-state index in [4.69, 9.17) is 23.8 Å². The molecule has 0 aliphatic carbocycles. The topological polar surface area (TPSA) is 50.7 Å². The standard InChI is InChI=1S/C18H11ClFN3OS3/c19-12-7-4-8-13(20)11(12)9-26-17-21-15-14(16(24)22-17)27-18(25)23(15)10-5-2-1-3-6-10/h1-8H,9H2,(H,21,22,24). The summed E-state index contributed by atoms with van der Waals surface area (Å²) in [5, 5.41) is 0.720. The molecule has 0 aliphatic rings. The van der Waals surface area contributed by atoms with Crippen LogP contribution in [0.5, 0.6) is 0 Å². The van der Waals surface area contributed by atoms with Crippen molar-refractivity contribution in [2.45, 2.75) is 10.9 Å². The highest BCUT2D eigenvalue weighted by molar-refractivity contribution is 7.98. The molecule has 0 saturated heterocycles. The van der Waals surface area contributed by atoms with Crippen LogP contribution in [0.15, 0.2) is 58.5 Å². The molecule has 0 amide bonds. The average Bonchev–Trinajstić information content (AvgIpc) is 2.98. The van der Waals surface area contributed by atoms with Gasteiger partial charge in [0, 0.05) is 22.0 Å². The van der Waals surface area contributed by atoms with Gasteiger partial charge in [-0.25, -0.2) is 9.37 Å². The number of thiazole rings is 1. The second-order valence-corrected chi connectivity index (χ2v) is 8.57. The predicted molar refractivity (Wildman–Crippen MR) is 111 cm³/mol. The smallest absolute Gasteiger partial charge is 0.271 e. The zero-order valence-electron chi connectivity index (χ0n) is 13.6. The molecule has 0 bridgehead atoms. The van der Waals surface area contributed by atoms with Crippen molar-refractivity contribution in [2.24, 2.45) is 0 Å². The van der Waals surface area contributed by atoms with Crippen molar-refractivity contribution in [3.05, 3.63) is 79.2 Å². The lowest BCUT2D eigenvalue weighted by Crippen LogP contribution is -2.09. The van der Waals surface area contributed by atoms with Gasteiger partial charge < -0.3 is 4.98 Å². The summed E-state index contributed by atoms with van der Waals surface area (Å²) < 4.78 is 16.7. The van der Waals surface area contributed by atoms with E-state index in [1.165, 1.54) is 29.2 Å². The van der Waals surface area contributed by atoms with Crippen LogP contribution in [0.3, 0.4) is 0 Å². The first kappa shape index (κ1) is 18.4. The molecule has 2 heterocycles. The number of nitrogens with zero attached hydrogens (tertiary/aromatic N) is 2. The molecule has 0 fully saturated rings. The highest BCUT2D eigenvalue weighted by Gasteiger charge is 2.15. The Morgan fingerprint density at radius 2 is 2.00 bits per heavy atom. The van der Waals surface area contributed by atoms with Gasteiger partial charge in [0.2, 0.25) is 0 Å². The molecule has 0 atom stereocenters. The lowest BCUT2D eigenvalue weighted by atomic mass is 10.2. The van der Waals surface area contributed by atoms with Crippen molar-refractivity contribution in [3.63, 3.8) is 0 Å². The molecule has 0 spiro atoms. The lowest BCUT2D eigenvalue weighted by Gasteiger charge is -2.07. The minimum Gasteiger partial charge on any atom is -0.300 e. The second kappa shape index (κ2) is 7.55. The molecule has 2 aromatic carbocycles. The van der Waals surface area contributed by atoms with Gasteiger partial charge in [-0.3, -0.25) is 9.36 Å². The van der Waals surface area contributed by atoms with E-state index < -0.39 is 0 Å². The van der Waals surface area contributed by atoms with Crippen molar-refractivity contribution in [3.8, 4) is 5.69 Å². The van der Waals surface area contributed by atoms with Crippen molar-refractivity contribution in [1.82, 2.24) is 14.5 Å². The van der Waals surface area contributed by atoms with E-state index in [1.54, 1.807) is 16.7 Å². The first-order valence-corrected chi connectivity index (χ1v) is 10.4. The lowest BCUT2D eigenvalue weighted by molar-refractivity contribution is 0.617. The highest BCUT2D eigenvalue weighted by Crippen LogP contribution is 2.28. The number of thioether (sulfide) groups is 1. The van der Waals surface area contributed by atoms with Crippen LogP contribution in [0.25, 0.3) is 16.0 Å². The molecule has 0 radical (unpaired) electrons. The highest BCUT2D eigenvalue weighted by atomic mass is 35.5. The molecule has 0 aliphatic heterocycles. The van der Waals surface area contributed by atoms with E-state index in [1.807, 2.05) is 30.3 Å². The van der Waals surface area contributed by atoms with Crippen molar-refractivity contribution in [2.75, 3.05) is 0 Å². The number of halogens is 2. The fraction of sp³-hybridized carbons (Fsp3) is 0.0556. The Labute approximate surface area is 171 Å². The minimum absolute atomic E-state index is 0.246. The summed E-state index contributed by atoms with van der Waals surface area (Å²) >= 11 is 13.9. The summed E-state index contributed by atoms with van der Waals surface area (Å²) in [4.78, 5) is 19.8. The van der Waals surface area contributed by atoms with Crippen LogP contribution in [0.2, 0.25) is 5.02 Å². The number of benzene rings is 2. The van der Waals surface area contributed by atoms with Crippen LogP contribution in [0.4, 0.5) is 4.39 Å². The van der Waals surface area contributed by atoms with Gasteiger partial charge in [0.25, 0.3) is 5.56 Å². The first-order chi connectivity index (χ1) is 13.0. The quantitative estimate of drug-likeness (QED) is 0.258. The van der Waals surface area contributed by atoms with E-state index in [9.17, 15) is 9.18 Å². The van der Waals surface area contributed by atoms with Crippen LogP contribution >= 0.6 is 46.9 Å². The third kappa shape index (κ3) is 3.58. The molecule has 1 N–H and O–H groups in total. The van der Waals surface area contributed by atoms with Gasteiger partial charge in [0.05, 0.1) is 0 Å². The third-order valence-electron chi connectivity index (χ3n) is 3.85. The van der Waals surface area contributed by atoms with Crippen LogP contribution in [0, 0.1) is 9.77 Å². The second-order valence-electron chi connectivity index (χ2n) is 5.55. The van der Waals surface area contributed by atoms with Gasteiger partial charge in [-0.05, 0) is 36.5 Å². The van der Waals surface area contributed by atoms with Gasteiger partial charge in [0.1, 0.15) is 10.5 Å². The number of nitrogens with one attached hydrogen (secondary N) is 1. The molecule has 136 valence electrons. The van der Waals surface area contributed by atoms with Crippen LogP contribution in [0.1, 0.15) is 5.56 Å². The molecule has 2 aromatic heterocycles. The fourth-order valence-electron chi connectivity index (χ4n) is 2.58. The zero-order valence-corrected chi connectivity index (χ0v) is 16.8. The summed E-state index contributed by atoms with van der Waals surface area (Å²) in [6.45, 7) is 0. The Morgan fingerprint density at radius 3 is 2.74 bits per heavy atom. The van der Waals surface area contributed by atoms with Gasteiger partial charge in [0.15, 0.2) is 14.8 Å². The van der Waals surface area contributed by atoms with Crippen molar-refractivity contribution < 1.29 is 4.39 Å². The third-order valence-corrected chi connectivity index (χ3v) is 6.47. The Kier molecular flexibility index (Phi) is 5.14. The van der Waals surface area contributed by atoms with E-state index in [2.05, 4.69) is 9.97 Å². The van der Waals surface area contributed by atoms with E-state index in [0.29, 0.717) is 30.0 Å². The van der Waals surface area contributed by atoms with Gasteiger partial charge in [-0.1, -0.05) is 59.0 Å². The van der Waals surface area contributed by atoms with Crippen LogP contribution in [-0.2, 0) is 5.75 Å². The zero-order chi connectivity index (χ0) is 19.0. The van der Waals surface area contributed by atoms with E-state index in [-0.39, 0.29) is 17.1 Å². The Balaban J connectivity index is 1.77. The largest absolute Gasteiger partial charge is 0.300 e. The van der Waals surface area contributed by atoms with Crippen molar-refractivity contribution >= 4 is 57.3 Å². The van der Waals surface area contributed by atoms with E-state index >= 15 is 0 Å². The van der Waals surface area contributed by atoms with Crippen LogP contribution < -0.4 is 5.56 Å². The molecule has 0 unspecified atom stereocenters. The fourth-order valence-corrected chi connectivity index (χ4v) is 5.05. The monoisotopic (exact) mass is 435 g/mol. The van der Waals surface area contributed by atoms with Crippen LogP contribution in [-0.4, -0.2) is 14.5 Å². The summed E-state index contributed by atoms with van der Waals surface area (Å²) in [5.41, 5.74) is 1.42. The molecular formula is C18H11ClFN3OS3. The SMILES string of the molecule is O=c1[nH]c(SCc2c(F)cccc2Cl)nc2c1sc(=S)n2-c1ccccc1. The molecule has 4 nitrogen and oxygen atoms in total. The molecule has 0 saturated carbocycles. The maximum absolute atomic E-state index is 14.0. The molecule has 4 rings (SSSR count). The Morgan fingerprint density at radius 1 is 1.22 bits per heavy atom. The Hall–Kier alpha value is -2.00. The number of H-pyrrole nitrogens is 1. The average molecular weight is 436 g/mol. The van der Waals surface area contributed by atoms with Gasteiger partial charge in [-0.2, -0.15) is 0 Å². The number of rotatable bonds is 4. The predicted octanol–water partition coefficient (Wildman–Crippen LogP) is 5.59. The normalized spacial score (nSPS) is 11.2. The van der Waals surface area contributed by atoms with Gasteiger partial charge >= 0.3 is 0 Å². The number of hydrogen-bond donors (Lipinski definition) is 1. The number of para-hydroxylation sites is 1. The molecule has 27 heavy (non-hydrogen) atoms. The first-order valence-electron chi connectivity index (χ1n) is 7.81. The van der Waals surface area contributed by atoms with Crippen molar-refractivity contribution in [1.29, 1.82) is 0 Å². The summed E-state index contributed by atoms with van der Waals surface area (Å²) in [5.74, 6) is -0.142. The summed E-state index contributed by atoms with van der Waals surface area (Å²) in [6, 6.07) is 14.0. The Bertz CT molecular complexity index is 1230. The number of hydrogen-bond acceptors (Lipinski definition) is 5. The number of aromatic nitrogens is 3. The number of fused-ring (bicyclic) bond motifs is 1. The maximum atomic E-state index is 14.0. The molecule has 4 aromatic rings. The molecular weight excluding hydrogens is 425 g/mol. The summed E-state index contributed by atoms with van der Waals surface area (Å²) in [7, 11) is 0. The van der Waals surface area contributed by atoms with Gasteiger partial charge in [-0.15, -0.1) is 0 Å². The van der Waals surface area contributed by atoms with E-state index in [0.717, 1.165) is 5.69 Å². The number of aromatic amines is 1. The summed E-state index contributed by atoms with van der Waals surface area (Å²) in [6.07, 6.45) is 0. The maximum Gasteiger partial charge on any atom is 0.271 e. The minimum atomic E-state index is -0.388.